The summed E-state index contributed by atoms with van der Waals surface area (Å²) in [6, 6.07) is 0.849. The van der Waals surface area contributed by atoms with Gasteiger partial charge in [0.15, 0.2) is 0 Å². The van der Waals surface area contributed by atoms with Crippen LogP contribution >= 0.6 is 0 Å². The molecule has 3 aromatic heterocycles. The number of halogens is 5. The number of aromatic nitrogens is 4. The van der Waals surface area contributed by atoms with Gasteiger partial charge in [-0.2, -0.15) is 13.2 Å². The third kappa shape index (κ3) is 6.03. The van der Waals surface area contributed by atoms with Crippen molar-refractivity contribution in [3.63, 3.8) is 0 Å². The third-order valence-electron chi connectivity index (χ3n) is 8.00. The van der Waals surface area contributed by atoms with Crippen LogP contribution in [0.3, 0.4) is 0 Å². The van der Waals surface area contributed by atoms with Crippen LogP contribution in [0.4, 0.5) is 27.6 Å². The van der Waals surface area contributed by atoms with Crippen molar-refractivity contribution < 1.29 is 41.0 Å². The molecular formula is C30H29F5N6O5. The quantitative estimate of drug-likeness (QED) is 0.240. The van der Waals surface area contributed by atoms with Crippen molar-refractivity contribution in [2.75, 3.05) is 31.8 Å². The predicted molar refractivity (Wildman–Crippen MR) is 154 cm³/mol. The number of carbonyl (C=O) groups excluding carboxylic acids is 2. The van der Waals surface area contributed by atoms with Crippen molar-refractivity contribution in [3.8, 4) is 11.3 Å². The molecule has 1 amide bonds. The molecule has 4 heterocycles. The van der Waals surface area contributed by atoms with E-state index in [4.69, 9.17) is 9.47 Å². The highest BCUT2D eigenvalue weighted by atomic mass is 19.4. The maximum atomic E-state index is 15.2. The molecule has 2 atom stereocenters. The molecule has 5 rings (SSSR count). The highest BCUT2D eigenvalue weighted by molar-refractivity contribution is 5.97. The molecule has 0 saturated carbocycles. The maximum absolute atomic E-state index is 15.2. The number of hydrogen-bond acceptors (Lipinski definition) is 8. The summed E-state index contributed by atoms with van der Waals surface area (Å²) in [5.74, 6) is -5.11. The molecule has 1 aromatic carbocycles. The number of hydrogen-bond donors (Lipinski definition) is 1. The number of aryl methyl sites for hydroxylation is 1. The summed E-state index contributed by atoms with van der Waals surface area (Å²) in [5.41, 5.74) is 0.771. The summed E-state index contributed by atoms with van der Waals surface area (Å²) in [5, 5.41) is 2.27. The van der Waals surface area contributed by atoms with Gasteiger partial charge in [0.25, 0.3) is 11.5 Å². The minimum Gasteiger partial charge on any atom is -0.467 e. The van der Waals surface area contributed by atoms with Crippen molar-refractivity contribution in [3.05, 3.63) is 81.3 Å². The van der Waals surface area contributed by atoms with Crippen molar-refractivity contribution in [1.82, 2.24) is 24.3 Å². The van der Waals surface area contributed by atoms with Gasteiger partial charge in [0.2, 0.25) is 0 Å². The van der Waals surface area contributed by atoms with E-state index in [9.17, 15) is 27.6 Å². The number of methoxy groups -OCH3 is 1. The van der Waals surface area contributed by atoms with Gasteiger partial charge in [-0.25, -0.2) is 23.5 Å². The van der Waals surface area contributed by atoms with Gasteiger partial charge in [0.1, 0.15) is 40.6 Å². The van der Waals surface area contributed by atoms with Gasteiger partial charge in [0, 0.05) is 55.0 Å². The van der Waals surface area contributed by atoms with E-state index in [1.54, 1.807) is 43.6 Å². The van der Waals surface area contributed by atoms with Crippen LogP contribution in [-0.4, -0.2) is 75.9 Å². The van der Waals surface area contributed by atoms with Crippen molar-refractivity contribution in [1.29, 1.82) is 0 Å². The van der Waals surface area contributed by atoms with E-state index in [-0.39, 0.29) is 30.8 Å². The lowest BCUT2D eigenvalue weighted by molar-refractivity contribution is -0.167. The molecule has 1 aliphatic rings. The molecule has 0 unspecified atom stereocenters. The number of ether oxygens (including phenoxy) is 2. The average Bonchev–Trinajstić information content (AvgIpc) is 3.51. The second kappa shape index (κ2) is 12.5. The summed E-state index contributed by atoms with van der Waals surface area (Å²) in [6.45, 7) is 2.43. The van der Waals surface area contributed by atoms with Crippen molar-refractivity contribution >= 4 is 23.2 Å². The van der Waals surface area contributed by atoms with Gasteiger partial charge in [-0.3, -0.25) is 9.59 Å². The van der Waals surface area contributed by atoms with Crippen LogP contribution < -0.4 is 15.8 Å². The molecule has 16 heteroatoms. The molecule has 1 fully saturated rings. The number of imidazole rings is 1. The Hall–Kier alpha value is -4.86. The lowest BCUT2D eigenvalue weighted by atomic mass is 10.1. The first-order valence-electron chi connectivity index (χ1n) is 14.0. The average molecular weight is 649 g/mol. The number of amides is 1. The number of fused-ring (bicyclic) bond motifs is 1. The number of nitrogens with zero attached hydrogens (tertiary/aromatic N) is 5. The summed E-state index contributed by atoms with van der Waals surface area (Å²) >= 11 is 0. The molecule has 244 valence electrons. The molecule has 1 saturated heterocycles. The number of anilines is 1. The number of morpholine rings is 1. The fourth-order valence-electron chi connectivity index (χ4n) is 5.35. The van der Waals surface area contributed by atoms with Gasteiger partial charge in [0.05, 0.1) is 26.0 Å². The monoisotopic (exact) mass is 648 g/mol. The van der Waals surface area contributed by atoms with Gasteiger partial charge < -0.3 is 28.7 Å². The Morgan fingerprint density at radius 1 is 1.17 bits per heavy atom. The first-order chi connectivity index (χ1) is 21.7. The van der Waals surface area contributed by atoms with Crippen LogP contribution in [0.25, 0.3) is 16.9 Å². The van der Waals surface area contributed by atoms with E-state index in [1.165, 1.54) is 10.8 Å². The fraction of sp³-hybridized carbons (Fsp3) is 0.367. The largest absolute Gasteiger partial charge is 0.467 e. The van der Waals surface area contributed by atoms with Crippen LogP contribution in [0.5, 0.6) is 0 Å². The lowest BCUT2D eigenvalue weighted by Crippen LogP contribution is -2.53. The van der Waals surface area contributed by atoms with Crippen LogP contribution in [-0.2, 0) is 27.7 Å². The first-order valence-corrected chi connectivity index (χ1v) is 14.0. The molecule has 1 N–H and O–H groups in total. The van der Waals surface area contributed by atoms with E-state index in [0.717, 1.165) is 12.0 Å². The normalized spacial score (nSPS) is 16.0. The zero-order valence-electron chi connectivity index (χ0n) is 25.1. The minimum absolute atomic E-state index is 0.0954. The first kappa shape index (κ1) is 32.5. The number of esters is 1. The predicted octanol–water partition coefficient (Wildman–Crippen LogP) is 3.27. The molecular weight excluding hydrogens is 619 g/mol. The second-order valence-electron chi connectivity index (χ2n) is 10.7. The molecule has 4 aromatic rings. The molecule has 46 heavy (non-hydrogen) atoms. The Labute approximate surface area is 258 Å². The smallest absolute Gasteiger partial charge is 0.411 e. The number of pyridine rings is 1. The Bertz CT molecular complexity index is 1870. The molecule has 0 bridgehead atoms. The molecule has 0 aliphatic carbocycles. The number of rotatable bonds is 7. The zero-order valence-corrected chi connectivity index (χ0v) is 25.1. The van der Waals surface area contributed by atoms with Gasteiger partial charge in [-0.05, 0) is 38.1 Å². The maximum Gasteiger partial charge on any atom is 0.411 e. The lowest BCUT2D eigenvalue weighted by Gasteiger charge is -2.38. The summed E-state index contributed by atoms with van der Waals surface area (Å²) in [6.07, 6.45) is -1.94. The number of benzene rings is 1. The van der Waals surface area contributed by atoms with Crippen molar-refractivity contribution in [2.45, 2.75) is 38.5 Å². The van der Waals surface area contributed by atoms with E-state index < -0.39 is 59.6 Å². The highest BCUT2D eigenvalue weighted by Crippen LogP contribution is 2.33. The third-order valence-corrected chi connectivity index (χ3v) is 8.00. The summed E-state index contributed by atoms with van der Waals surface area (Å²) in [7, 11) is 2.69. The Balaban J connectivity index is 1.44. The number of nitrogens with one attached hydrogen (secondary N) is 1. The van der Waals surface area contributed by atoms with Crippen LogP contribution in [0, 0.1) is 25.5 Å². The molecule has 11 nitrogen and oxygen atoms in total. The topological polar surface area (TPSA) is 120 Å². The summed E-state index contributed by atoms with van der Waals surface area (Å²) < 4.78 is 83.7. The molecule has 0 spiro atoms. The number of carbonyl (C=O) groups is 2. The fourth-order valence-corrected chi connectivity index (χ4v) is 5.35. The van der Waals surface area contributed by atoms with E-state index in [1.807, 2.05) is 0 Å². The van der Waals surface area contributed by atoms with E-state index in [0.29, 0.717) is 40.4 Å². The molecule has 1 aliphatic heterocycles. The SMILES string of the molecule is COC(=O)[C@H](Cc1ccc(-c2nc(C)c(C)n(C)c2=O)c2nccn12)NC(=O)c1c(F)cc(N2CCOC[C@@H]2C(F)(F)F)cc1F. The van der Waals surface area contributed by atoms with Gasteiger partial charge >= 0.3 is 12.1 Å². The standard InChI is InChI=1S/C30H29F5N6O5/c1-15-16(2)39(3)28(43)25(37-15)19-6-5-17(41-8-7-36-26(19)41)13-22(29(44)45-4)38-27(42)24-20(31)11-18(12-21(24)32)40-9-10-46-14-23(40)30(33,34)35/h5-8,11-12,22-23H,9-10,13-14H2,1-4H3,(H,38,42)/t22-,23+/m0/s1. The highest BCUT2D eigenvalue weighted by Gasteiger charge is 2.46. The Morgan fingerprint density at radius 2 is 1.87 bits per heavy atom. The second-order valence-corrected chi connectivity index (χ2v) is 10.7. The number of alkyl halides is 3. The summed E-state index contributed by atoms with van der Waals surface area (Å²) in [4.78, 5) is 48.4. The van der Waals surface area contributed by atoms with Crippen molar-refractivity contribution in [2.24, 2.45) is 7.05 Å². The van der Waals surface area contributed by atoms with Gasteiger partial charge in [-0.15, -0.1) is 0 Å². The van der Waals surface area contributed by atoms with Crippen LogP contribution in [0.1, 0.15) is 27.4 Å². The van der Waals surface area contributed by atoms with Crippen LogP contribution in [0.2, 0.25) is 0 Å². The zero-order chi connectivity index (χ0) is 33.5. The Kier molecular flexibility index (Phi) is 8.84. The van der Waals surface area contributed by atoms with E-state index >= 15 is 8.78 Å². The Morgan fingerprint density at radius 3 is 2.52 bits per heavy atom. The van der Waals surface area contributed by atoms with E-state index in [2.05, 4.69) is 15.3 Å². The van der Waals surface area contributed by atoms with Gasteiger partial charge in [-0.1, -0.05) is 0 Å². The van der Waals surface area contributed by atoms with Crippen LogP contribution in [0.15, 0.2) is 41.5 Å². The minimum atomic E-state index is -4.74. The molecule has 0 radical (unpaired) electrons.